The normalized spacial score (nSPS) is 15.2. The van der Waals surface area contributed by atoms with Gasteiger partial charge in [-0.05, 0) is 50.4 Å². The van der Waals surface area contributed by atoms with Gasteiger partial charge in [0.15, 0.2) is 0 Å². The van der Waals surface area contributed by atoms with E-state index in [1.54, 1.807) is 0 Å². The van der Waals surface area contributed by atoms with Crippen molar-refractivity contribution >= 4 is 0 Å². The van der Waals surface area contributed by atoms with E-state index in [9.17, 15) is 0 Å². The van der Waals surface area contributed by atoms with Crippen LogP contribution in [-0.2, 0) is 0 Å². The van der Waals surface area contributed by atoms with Gasteiger partial charge in [0.2, 0.25) is 0 Å². The predicted octanol–water partition coefficient (Wildman–Crippen LogP) is 3.28. The van der Waals surface area contributed by atoms with Gasteiger partial charge in [-0.2, -0.15) is 0 Å². The van der Waals surface area contributed by atoms with Gasteiger partial charge in [0.25, 0.3) is 0 Å². The minimum Gasteiger partial charge on any atom is -0.329 e. The molecule has 0 aliphatic carbocycles. The Morgan fingerprint density at radius 3 is 2.17 bits per heavy atom. The summed E-state index contributed by atoms with van der Waals surface area (Å²) in [5.74, 6) is 0.635. The minimum atomic E-state index is 0.307. The second-order valence-corrected chi connectivity index (χ2v) is 5.75. The van der Waals surface area contributed by atoms with Crippen LogP contribution < -0.4 is 5.73 Å². The van der Waals surface area contributed by atoms with Crippen molar-refractivity contribution in [2.45, 2.75) is 46.7 Å². The first-order valence-corrected chi connectivity index (χ1v) is 6.87. The predicted molar refractivity (Wildman–Crippen MR) is 79.8 cm³/mol. The van der Waals surface area contributed by atoms with Crippen LogP contribution in [0.2, 0.25) is 0 Å². The minimum absolute atomic E-state index is 0.307. The molecule has 0 fully saturated rings. The van der Waals surface area contributed by atoms with Crippen LogP contribution in [0.4, 0.5) is 0 Å². The van der Waals surface area contributed by atoms with E-state index < -0.39 is 0 Å². The molecule has 2 unspecified atom stereocenters. The van der Waals surface area contributed by atoms with Crippen LogP contribution in [0.5, 0.6) is 0 Å². The molecule has 0 radical (unpaired) electrons. The van der Waals surface area contributed by atoms with Crippen LogP contribution in [0.3, 0.4) is 0 Å². The van der Waals surface area contributed by atoms with Crippen molar-refractivity contribution in [1.82, 2.24) is 4.90 Å². The maximum absolute atomic E-state index is 5.99. The molecule has 0 heterocycles. The number of nitrogens with two attached hydrogens (primary N) is 1. The monoisotopic (exact) mass is 248 g/mol. The highest BCUT2D eigenvalue weighted by atomic mass is 15.2. The molecule has 0 spiro atoms. The zero-order chi connectivity index (χ0) is 13.9. The van der Waals surface area contributed by atoms with Crippen LogP contribution in [0.1, 0.15) is 43.5 Å². The molecule has 0 amide bonds. The average molecular weight is 248 g/mol. The molecule has 2 nitrogen and oxygen atoms in total. The first kappa shape index (κ1) is 15.2. The fourth-order valence-corrected chi connectivity index (χ4v) is 2.26. The smallest absolute Gasteiger partial charge is 0.0470 e. The van der Waals surface area contributed by atoms with Gasteiger partial charge in [-0.15, -0.1) is 0 Å². The Bertz CT molecular complexity index is 385. The van der Waals surface area contributed by atoms with Crippen molar-refractivity contribution in [1.29, 1.82) is 0 Å². The molecule has 0 bridgehead atoms. The lowest BCUT2D eigenvalue weighted by molar-refractivity contribution is 0.152. The molecule has 1 aromatic rings. The van der Waals surface area contributed by atoms with Crippen LogP contribution in [-0.4, -0.2) is 24.5 Å². The number of likely N-dealkylation sites (N-methyl/N-ethyl adjacent to an activating group) is 1. The number of rotatable bonds is 5. The largest absolute Gasteiger partial charge is 0.329 e. The average Bonchev–Trinajstić information content (AvgIpc) is 2.33. The molecule has 2 N–H and O–H groups in total. The van der Waals surface area contributed by atoms with E-state index in [0.717, 1.165) is 0 Å². The highest BCUT2D eigenvalue weighted by Gasteiger charge is 2.22. The maximum Gasteiger partial charge on any atom is 0.0470 e. The molecule has 1 rings (SSSR count). The molecule has 18 heavy (non-hydrogen) atoms. The molecule has 0 saturated carbocycles. The molecule has 102 valence electrons. The molecule has 1 aromatic carbocycles. The van der Waals surface area contributed by atoms with Crippen molar-refractivity contribution in [2.75, 3.05) is 13.6 Å². The second-order valence-electron chi connectivity index (χ2n) is 5.75. The second kappa shape index (κ2) is 6.35. The van der Waals surface area contributed by atoms with Crippen molar-refractivity contribution in [3.8, 4) is 0 Å². The third kappa shape index (κ3) is 3.33. The SMILES string of the molecule is Cc1ccc(C(CN)N(C)C(C)C(C)C)cc1C. The molecule has 2 heteroatoms. The van der Waals surface area contributed by atoms with E-state index >= 15 is 0 Å². The third-order valence-electron chi connectivity index (χ3n) is 4.24. The molecular formula is C16H28N2. The van der Waals surface area contributed by atoms with Gasteiger partial charge in [-0.25, -0.2) is 0 Å². The van der Waals surface area contributed by atoms with E-state index in [1.807, 2.05) is 0 Å². The summed E-state index contributed by atoms with van der Waals surface area (Å²) in [6.07, 6.45) is 0. The Balaban J connectivity index is 2.98. The van der Waals surface area contributed by atoms with Crippen molar-refractivity contribution < 1.29 is 0 Å². The Morgan fingerprint density at radius 2 is 1.72 bits per heavy atom. The van der Waals surface area contributed by atoms with Gasteiger partial charge in [-0.1, -0.05) is 32.0 Å². The van der Waals surface area contributed by atoms with E-state index in [0.29, 0.717) is 24.5 Å². The Morgan fingerprint density at radius 1 is 1.11 bits per heavy atom. The summed E-state index contributed by atoms with van der Waals surface area (Å²) in [6, 6.07) is 7.52. The highest BCUT2D eigenvalue weighted by molar-refractivity contribution is 5.32. The van der Waals surface area contributed by atoms with E-state index in [1.165, 1.54) is 16.7 Å². The van der Waals surface area contributed by atoms with Gasteiger partial charge in [0, 0.05) is 18.6 Å². The Hall–Kier alpha value is -0.860. The molecule has 0 saturated heterocycles. The fraction of sp³-hybridized carbons (Fsp3) is 0.625. The Labute approximate surface area is 112 Å². The number of hydrogen-bond donors (Lipinski definition) is 1. The number of nitrogens with zero attached hydrogens (tertiary/aromatic N) is 1. The zero-order valence-corrected chi connectivity index (χ0v) is 12.7. The molecule has 0 aliphatic rings. The Kier molecular flexibility index (Phi) is 5.36. The van der Waals surface area contributed by atoms with Gasteiger partial charge in [0.1, 0.15) is 0 Å². The van der Waals surface area contributed by atoms with Crippen molar-refractivity contribution in [3.63, 3.8) is 0 Å². The number of aryl methyl sites for hydroxylation is 2. The topological polar surface area (TPSA) is 29.3 Å². The van der Waals surface area contributed by atoms with Crippen molar-refractivity contribution in [3.05, 3.63) is 34.9 Å². The van der Waals surface area contributed by atoms with E-state index in [2.05, 4.69) is 64.8 Å². The lowest BCUT2D eigenvalue weighted by Gasteiger charge is -2.35. The number of benzene rings is 1. The van der Waals surface area contributed by atoms with Crippen LogP contribution in [0.15, 0.2) is 18.2 Å². The summed E-state index contributed by atoms with van der Waals surface area (Å²) in [4.78, 5) is 2.40. The van der Waals surface area contributed by atoms with E-state index in [-0.39, 0.29) is 0 Å². The first-order valence-electron chi connectivity index (χ1n) is 6.87. The molecule has 0 aliphatic heterocycles. The van der Waals surface area contributed by atoms with Crippen LogP contribution in [0.25, 0.3) is 0 Å². The van der Waals surface area contributed by atoms with Gasteiger partial charge in [0.05, 0.1) is 0 Å². The quantitative estimate of drug-likeness (QED) is 0.866. The fourth-order valence-electron chi connectivity index (χ4n) is 2.26. The molecule has 0 aromatic heterocycles. The highest BCUT2D eigenvalue weighted by Crippen LogP contribution is 2.24. The van der Waals surface area contributed by atoms with Gasteiger partial charge in [-0.3, -0.25) is 4.90 Å². The van der Waals surface area contributed by atoms with Crippen molar-refractivity contribution in [2.24, 2.45) is 11.7 Å². The lowest BCUT2D eigenvalue weighted by Crippen LogP contribution is -2.39. The zero-order valence-electron chi connectivity index (χ0n) is 12.7. The van der Waals surface area contributed by atoms with E-state index in [4.69, 9.17) is 5.73 Å². The standard InChI is InChI=1S/C16H28N2/c1-11(2)14(5)18(6)16(10-17)15-8-7-12(3)13(4)9-15/h7-9,11,14,16H,10,17H2,1-6H3. The van der Waals surface area contributed by atoms with Crippen LogP contribution in [0, 0.1) is 19.8 Å². The molecule has 2 atom stereocenters. The first-order chi connectivity index (χ1) is 8.38. The lowest BCUT2D eigenvalue weighted by atomic mass is 9.97. The molecular weight excluding hydrogens is 220 g/mol. The number of hydrogen-bond acceptors (Lipinski definition) is 2. The van der Waals surface area contributed by atoms with Gasteiger partial charge >= 0.3 is 0 Å². The summed E-state index contributed by atoms with van der Waals surface area (Å²) in [5.41, 5.74) is 10.0. The maximum atomic E-state index is 5.99. The third-order valence-corrected chi connectivity index (χ3v) is 4.24. The summed E-state index contributed by atoms with van der Waals surface area (Å²) in [7, 11) is 2.18. The summed E-state index contributed by atoms with van der Waals surface area (Å²) < 4.78 is 0. The van der Waals surface area contributed by atoms with Crippen LogP contribution >= 0.6 is 0 Å². The van der Waals surface area contributed by atoms with Gasteiger partial charge < -0.3 is 5.73 Å². The summed E-state index contributed by atoms with van der Waals surface area (Å²) in [5, 5.41) is 0. The summed E-state index contributed by atoms with van der Waals surface area (Å²) >= 11 is 0. The summed E-state index contributed by atoms with van der Waals surface area (Å²) in [6.45, 7) is 11.8.